The molecule has 1 aromatic heterocycles. The fourth-order valence-corrected chi connectivity index (χ4v) is 1.88. The van der Waals surface area contributed by atoms with Crippen LogP contribution >= 0.6 is 0 Å². The number of benzene rings is 1. The highest BCUT2D eigenvalue weighted by molar-refractivity contribution is 5.91. The van der Waals surface area contributed by atoms with E-state index in [2.05, 4.69) is 15.4 Å². The summed E-state index contributed by atoms with van der Waals surface area (Å²) in [5.41, 5.74) is 1.47. The van der Waals surface area contributed by atoms with Gasteiger partial charge in [0.25, 0.3) is 0 Å². The first-order valence-corrected chi connectivity index (χ1v) is 6.57. The maximum absolute atomic E-state index is 11.9. The normalized spacial score (nSPS) is 10.3. The first-order valence-electron chi connectivity index (χ1n) is 6.57. The van der Waals surface area contributed by atoms with Crippen LogP contribution in [-0.2, 0) is 22.6 Å². The van der Waals surface area contributed by atoms with Crippen molar-refractivity contribution in [3.63, 3.8) is 0 Å². The number of aliphatic carboxylic acids is 1. The predicted molar refractivity (Wildman–Crippen MR) is 75.7 cm³/mol. The number of carbonyl (C=O) groups excluding carboxylic acids is 1. The van der Waals surface area contributed by atoms with E-state index in [0.717, 1.165) is 5.56 Å². The van der Waals surface area contributed by atoms with Crippen molar-refractivity contribution in [2.75, 3.05) is 5.32 Å². The van der Waals surface area contributed by atoms with Crippen LogP contribution in [0.2, 0.25) is 0 Å². The monoisotopic (exact) mass is 288 g/mol. The van der Waals surface area contributed by atoms with E-state index in [1.165, 1.54) is 6.33 Å². The van der Waals surface area contributed by atoms with E-state index in [0.29, 0.717) is 18.7 Å². The molecule has 1 aromatic carbocycles. The van der Waals surface area contributed by atoms with Gasteiger partial charge in [0.05, 0.1) is 6.54 Å². The summed E-state index contributed by atoms with van der Waals surface area (Å²) in [5.74, 6) is -1.00. The third-order valence-corrected chi connectivity index (χ3v) is 2.93. The molecule has 110 valence electrons. The van der Waals surface area contributed by atoms with Gasteiger partial charge in [-0.2, -0.15) is 5.10 Å². The van der Waals surface area contributed by atoms with Crippen molar-refractivity contribution < 1.29 is 14.7 Å². The maximum atomic E-state index is 11.9. The lowest BCUT2D eigenvalue weighted by Crippen LogP contribution is -2.16. The molecule has 2 rings (SSSR count). The van der Waals surface area contributed by atoms with Gasteiger partial charge in [-0.25, -0.2) is 4.98 Å². The van der Waals surface area contributed by atoms with Gasteiger partial charge >= 0.3 is 5.97 Å². The van der Waals surface area contributed by atoms with Crippen molar-refractivity contribution in [3.05, 3.63) is 42.5 Å². The third-order valence-electron chi connectivity index (χ3n) is 2.93. The molecule has 0 saturated carbocycles. The number of hydrogen-bond donors (Lipinski definition) is 2. The zero-order chi connectivity index (χ0) is 15.1. The van der Waals surface area contributed by atoms with E-state index in [-0.39, 0.29) is 18.7 Å². The number of aryl methyl sites for hydroxylation is 2. The number of nitrogens with one attached hydrogen (secondary N) is 1. The molecule has 21 heavy (non-hydrogen) atoms. The molecule has 0 bridgehead atoms. The topological polar surface area (TPSA) is 97.1 Å². The summed E-state index contributed by atoms with van der Waals surface area (Å²) in [6, 6.07) is 7.21. The molecule has 0 aliphatic heterocycles. The van der Waals surface area contributed by atoms with E-state index in [1.807, 2.05) is 12.1 Å². The molecule has 7 heteroatoms. The largest absolute Gasteiger partial charge is 0.481 e. The molecular formula is C14H16N4O3. The molecular weight excluding hydrogens is 272 g/mol. The van der Waals surface area contributed by atoms with Crippen LogP contribution in [0.3, 0.4) is 0 Å². The van der Waals surface area contributed by atoms with Gasteiger partial charge in [-0.1, -0.05) is 18.2 Å². The predicted octanol–water partition coefficient (Wildman–Crippen LogP) is 1.32. The van der Waals surface area contributed by atoms with Gasteiger partial charge in [-0.15, -0.1) is 0 Å². The van der Waals surface area contributed by atoms with Crippen LogP contribution in [0.1, 0.15) is 18.4 Å². The SMILES string of the molecule is O=C(O)CCc1ccccc1NC(=O)CCn1cncn1. The lowest BCUT2D eigenvalue weighted by atomic mass is 10.1. The number of carboxylic acids is 1. The van der Waals surface area contributed by atoms with Crippen molar-refractivity contribution in [1.29, 1.82) is 0 Å². The van der Waals surface area contributed by atoms with Crippen LogP contribution in [-0.4, -0.2) is 31.7 Å². The highest BCUT2D eigenvalue weighted by Gasteiger charge is 2.08. The summed E-state index contributed by atoms with van der Waals surface area (Å²) in [6.07, 6.45) is 3.66. The van der Waals surface area contributed by atoms with E-state index in [1.54, 1.807) is 23.1 Å². The first-order chi connectivity index (χ1) is 10.1. The molecule has 2 N–H and O–H groups in total. The fraction of sp³-hybridized carbons (Fsp3) is 0.286. The fourth-order valence-electron chi connectivity index (χ4n) is 1.88. The highest BCUT2D eigenvalue weighted by Crippen LogP contribution is 2.17. The molecule has 0 aliphatic carbocycles. The molecule has 1 amide bonds. The smallest absolute Gasteiger partial charge is 0.303 e. The molecule has 0 radical (unpaired) electrons. The summed E-state index contributed by atoms with van der Waals surface area (Å²) >= 11 is 0. The maximum Gasteiger partial charge on any atom is 0.303 e. The van der Waals surface area contributed by atoms with E-state index >= 15 is 0 Å². The molecule has 0 spiro atoms. The van der Waals surface area contributed by atoms with Crippen molar-refractivity contribution in [2.45, 2.75) is 25.8 Å². The number of carbonyl (C=O) groups is 2. The molecule has 2 aromatic rings. The minimum absolute atomic E-state index is 0.0336. The number of hydrogen-bond acceptors (Lipinski definition) is 4. The molecule has 0 atom stereocenters. The highest BCUT2D eigenvalue weighted by atomic mass is 16.4. The average Bonchev–Trinajstić information content (AvgIpc) is 2.97. The Hall–Kier alpha value is -2.70. The van der Waals surface area contributed by atoms with Crippen LogP contribution in [0, 0.1) is 0 Å². The molecule has 0 aliphatic rings. The minimum atomic E-state index is -0.859. The van der Waals surface area contributed by atoms with Gasteiger partial charge in [0.2, 0.25) is 5.91 Å². The van der Waals surface area contributed by atoms with Gasteiger partial charge in [0.1, 0.15) is 12.7 Å². The Bertz CT molecular complexity index is 610. The molecule has 0 unspecified atom stereocenters. The van der Waals surface area contributed by atoms with Crippen LogP contribution < -0.4 is 5.32 Å². The molecule has 7 nitrogen and oxygen atoms in total. The number of anilines is 1. The zero-order valence-corrected chi connectivity index (χ0v) is 11.4. The Kier molecular flexibility index (Phi) is 5.03. The van der Waals surface area contributed by atoms with Gasteiger partial charge in [-0.3, -0.25) is 14.3 Å². The van der Waals surface area contributed by atoms with Crippen molar-refractivity contribution in [1.82, 2.24) is 14.8 Å². The molecule has 0 fully saturated rings. The Morgan fingerprint density at radius 2 is 2.05 bits per heavy atom. The van der Waals surface area contributed by atoms with Crippen LogP contribution in [0.15, 0.2) is 36.9 Å². The second kappa shape index (κ2) is 7.18. The van der Waals surface area contributed by atoms with Gasteiger partial charge < -0.3 is 10.4 Å². The van der Waals surface area contributed by atoms with Crippen molar-refractivity contribution in [2.24, 2.45) is 0 Å². The second-order valence-electron chi connectivity index (χ2n) is 4.51. The Morgan fingerprint density at radius 1 is 1.24 bits per heavy atom. The summed E-state index contributed by atoms with van der Waals surface area (Å²) in [7, 11) is 0. The average molecular weight is 288 g/mol. The van der Waals surface area contributed by atoms with Crippen LogP contribution in [0.5, 0.6) is 0 Å². The van der Waals surface area contributed by atoms with Crippen LogP contribution in [0.25, 0.3) is 0 Å². The van der Waals surface area contributed by atoms with Crippen molar-refractivity contribution >= 4 is 17.6 Å². The van der Waals surface area contributed by atoms with Crippen molar-refractivity contribution in [3.8, 4) is 0 Å². The Morgan fingerprint density at radius 3 is 2.76 bits per heavy atom. The summed E-state index contributed by atoms with van der Waals surface area (Å²) in [6.45, 7) is 0.448. The van der Waals surface area contributed by atoms with Gasteiger partial charge in [-0.05, 0) is 18.1 Å². The zero-order valence-electron chi connectivity index (χ0n) is 11.4. The van der Waals surface area contributed by atoms with E-state index in [4.69, 9.17) is 5.11 Å². The number of aromatic nitrogens is 3. The second-order valence-corrected chi connectivity index (χ2v) is 4.51. The summed E-state index contributed by atoms with van der Waals surface area (Å²) < 4.78 is 1.58. The lowest BCUT2D eigenvalue weighted by Gasteiger charge is -2.10. The molecule has 1 heterocycles. The minimum Gasteiger partial charge on any atom is -0.481 e. The standard InChI is InChI=1S/C14H16N4O3/c19-13(7-8-18-10-15-9-16-18)17-12-4-2-1-3-11(12)5-6-14(20)21/h1-4,9-10H,5-8H2,(H,17,19)(H,20,21). The number of nitrogens with zero attached hydrogens (tertiary/aromatic N) is 3. The number of carboxylic acid groups (broad SMARTS) is 1. The Balaban J connectivity index is 1.92. The van der Waals surface area contributed by atoms with Gasteiger partial charge in [0, 0.05) is 18.5 Å². The van der Waals surface area contributed by atoms with E-state index in [9.17, 15) is 9.59 Å². The first kappa shape index (κ1) is 14.7. The lowest BCUT2D eigenvalue weighted by molar-refractivity contribution is -0.136. The van der Waals surface area contributed by atoms with E-state index < -0.39 is 5.97 Å². The number of amides is 1. The number of para-hydroxylation sites is 1. The third kappa shape index (κ3) is 4.72. The van der Waals surface area contributed by atoms with Gasteiger partial charge in [0.15, 0.2) is 0 Å². The van der Waals surface area contributed by atoms with Crippen LogP contribution in [0.4, 0.5) is 5.69 Å². The Labute approximate surface area is 121 Å². The number of rotatable bonds is 7. The quantitative estimate of drug-likeness (QED) is 0.801. The summed E-state index contributed by atoms with van der Waals surface area (Å²) in [5, 5.41) is 15.5. The molecule has 0 saturated heterocycles. The summed E-state index contributed by atoms with van der Waals surface area (Å²) in [4.78, 5) is 26.3.